The number of anilines is 1. The topological polar surface area (TPSA) is 75.7 Å². The van der Waals surface area contributed by atoms with Gasteiger partial charge in [-0.2, -0.15) is 0 Å². The molecule has 7 heteroatoms. The molecule has 1 amide bonds. The molecule has 1 heterocycles. The largest absolute Gasteiger partial charge is 0.444 e. The van der Waals surface area contributed by atoms with E-state index >= 15 is 0 Å². The molecule has 24 heavy (non-hydrogen) atoms. The Bertz CT molecular complexity index is 770. The van der Waals surface area contributed by atoms with E-state index in [0.29, 0.717) is 24.2 Å². The third-order valence-corrected chi connectivity index (χ3v) is 5.06. The maximum absolute atomic E-state index is 12.0. The van der Waals surface area contributed by atoms with Crippen LogP contribution in [-0.2, 0) is 14.8 Å². The zero-order valence-electron chi connectivity index (χ0n) is 14.1. The summed E-state index contributed by atoms with van der Waals surface area (Å²) >= 11 is 0. The van der Waals surface area contributed by atoms with Crippen LogP contribution in [0.4, 0.5) is 10.5 Å². The molecule has 2 rings (SSSR count). The normalized spacial score (nSPS) is 16.2. The maximum atomic E-state index is 12.0. The second-order valence-corrected chi connectivity index (χ2v) is 8.46. The Hall–Kier alpha value is -2.20. The molecule has 0 atom stereocenters. The van der Waals surface area contributed by atoms with Crippen molar-refractivity contribution in [3.05, 3.63) is 29.8 Å². The van der Waals surface area contributed by atoms with Gasteiger partial charge in [0.1, 0.15) is 5.60 Å². The summed E-state index contributed by atoms with van der Waals surface area (Å²) in [5.41, 5.74) is 0.771. The van der Waals surface area contributed by atoms with Crippen LogP contribution in [0.1, 0.15) is 32.8 Å². The minimum Gasteiger partial charge on any atom is -0.444 e. The Morgan fingerprint density at radius 3 is 2.75 bits per heavy atom. The van der Waals surface area contributed by atoms with Crippen molar-refractivity contribution >= 4 is 21.8 Å². The highest BCUT2D eigenvalue weighted by Crippen LogP contribution is 2.24. The number of amides is 1. The number of sulfonamides is 1. The molecule has 0 aliphatic carbocycles. The van der Waals surface area contributed by atoms with E-state index in [1.807, 2.05) is 0 Å². The number of hydrogen-bond acceptors (Lipinski definition) is 4. The van der Waals surface area contributed by atoms with E-state index in [9.17, 15) is 13.2 Å². The lowest BCUT2D eigenvalue weighted by molar-refractivity contribution is 0.0535. The van der Waals surface area contributed by atoms with Crippen LogP contribution in [0.2, 0.25) is 0 Å². The quantitative estimate of drug-likeness (QED) is 0.829. The van der Waals surface area contributed by atoms with E-state index in [2.05, 4.69) is 17.2 Å². The van der Waals surface area contributed by atoms with Gasteiger partial charge in [0.15, 0.2) is 0 Å². The van der Waals surface area contributed by atoms with Crippen LogP contribution < -0.4 is 9.62 Å². The molecule has 1 fully saturated rings. The predicted molar refractivity (Wildman–Crippen MR) is 93.3 cm³/mol. The van der Waals surface area contributed by atoms with Gasteiger partial charge in [0.25, 0.3) is 0 Å². The fraction of sp³-hybridized carbons (Fsp3) is 0.471. The molecule has 0 unspecified atom stereocenters. The van der Waals surface area contributed by atoms with E-state index in [1.54, 1.807) is 45.0 Å². The number of nitrogens with one attached hydrogen (secondary N) is 1. The number of hydrogen-bond donors (Lipinski definition) is 1. The number of rotatable bonds is 2. The van der Waals surface area contributed by atoms with Crippen molar-refractivity contribution in [2.75, 3.05) is 23.1 Å². The Labute approximate surface area is 143 Å². The first-order valence-corrected chi connectivity index (χ1v) is 9.34. The van der Waals surface area contributed by atoms with Crippen molar-refractivity contribution < 1.29 is 17.9 Å². The van der Waals surface area contributed by atoms with Crippen molar-refractivity contribution in [1.29, 1.82) is 0 Å². The highest BCUT2D eigenvalue weighted by Gasteiger charge is 2.28. The van der Waals surface area contributed by atoms with Crippen molar-refractivity contribution in [1.82, 2.24) is 5.32 Å². The van der Waals surface area contributed by atoms with Crippen LogP contribution >= 0.6 is 0 Å². The molecule has 1 aliphatic heterocycles. The molecule has 0 aromatic heterocycles. The van der Waals surface area contributed by atoms with E-state index < -0.39 is 21.7 Å². The van der Waals surface area contributed by atoms with E-state index in [0.717, 1.165) is 0 Å². The van der Waals surface area contributed by atoms with Gasteiger partial charge in [-0.05, 0) is 45.4 Å². The Balaban J connectivity index is 1.97. The fourth-order valence-electron chi connectivity index (χ4n) is 2.25. The van der Waals surface area contributed by atoms with Crippen molar-refractivity contribution in [3.63, 3.8) is 0 Å². The average molecular weight is 350 g/mol. The molecule has 1 saturated heterocycles. The van der Waals surface area contributed by atoms with E-state index in [-0.39, 0.29) is 12.3 Å². The number of carbonyl (C=O) groups is 1. The second kappa shape index (κ2) is 7.14. The Morgan fingerprint density at radius 1 is 1.38 bits per heavy atom. The van der Waals surface area contributed by atoms with Gasteiger partial charge in [0.05, 0.1) is 18.0 Å². The Morgan fingerprint density at radius 2 is 2.12 bits per heavy atom. The first kappa shape index (κ1) is 18.1. The zero-order valence-corrected chi connectivity index (χ0v) is 14.9. The molecular weight excluding hydrogens is 328 g/mol. The predicted octanol–water partition coefficient (Wildman–Crippen LogP) is 2.10. The van der Waals surface area contributed by atoms with Crippen LogP contribution in [0, 0.1) is 11.8 Å². The van der Waals surface area contributed by atoms with Gasteiger partial charge in [-0.25, -0.2) is 13.2 Å². The van der Waals surface area contributed by atoms with Gasteiger partial charge in [0.2, 0.25) is 10.0 Å². The second-order valence-electron chi connectivity index (χ2n) is 6.45. The summed E-state index contributed by atoms with van der Waals surface area (Å²) in [5.74, 6) is 5.92. The lowest BCUT2D eigenvalue weighted by Gasteiger charge is -2.19. The summed E-state index contributed by atoms with van der Waals surface area (Å²) in [6.45, 7) is 6.02. The van der Waals surface area contributed by atoms with Crippen LogP contribution in [0.25, 0.3) is 0 Å². The standard InChI is InChI=1S/C17H22N2O4S/c1-17(2,3)23-16(20)18-10-5-8-14-7-4-9-15(13-14)19-11-6-12-24(19,21)22/h4,7,9,13H,6,10-12H2,1-3H3,(H,18,20). The number of ether oxygens (including phenoxy) is 1. The Kier molecular flexibility index (Phi) is 5.40. The molecule has 0 spiro atoms. The first-order chi connectivity index (χ1) is 11.2. The highest BCUT2D eigenvalue weighted by molar-refractivity contribution is 7.93. The third-order valence-electron chi connectivity index (χ3n) is 3.19. The fourth-order valence-corrected chi connectivity index (χ4v) is 3.80. The molecule has 0 saturated carbocycles. The monoisotopic (exact) mass is 350 g/mol. The molecule has 1 aliphatic rings. The summed E-state index contributed by atoms with van der Waals surface area (Å²) in [5, 5.41) is 2.55. The SMILES string of the molecule is CC(C)(C)OC(=O)NCC#Cc1cccc(N2CCCS2(=O)=O)c1. The third kappa shape index (κ3) is 5.17. The summed E-state index contributed by atoms with van der Waals surface area (Å²) in [6, 6.07) is 7.07. The molecule has 6 nitrogen and oxygen atoms in total. The van der Waals surface area contributed by atoms with Gasteiger partial charge in [-0.1, -0.05) is 17.9 Å². The number of alkyl carbamates (subject to hydrolysis) is 1. The lowest BCUT2D eigenvalue weighted by atomic mass is 10.2. The minimum absolute atomic E-state index is 0.154. The molecular formula is C17H22N2O4S. The van der Waals surface area contributed by atoms with Crippen LogP contribution in [0.3, 0.4) is 0 Å². The van der Waals surface area contributed by atoms with Gasteiger partial charge in [-0.3, -0.25) is 4.31 Å². The first-order valence-electron chi connectivity index (χ1n) is 7.74. The van der Waals surface area contributed by atoms with Gasteiger partial charge < -0.3 is 10.1 Å². The summed E-state index contributed by atoms with van der Waals surface area (Å²) in [6.07, 6.45) is 0.117. The number of benzene rings is 1. The average Bonchev–Trinajstić information content (AvgIpc) is 2.81. The molecule has 0 bridgehead atoms. The molecule has 0 radical (unpaired) electrons. The van der Waals surface area contributed by atoms with E-state index in [4.69, 9.17) is 4.74 Å². The number of carbonyl (C=O) groups excluding carboxylic acids is 1. The van der Waals surface area contributed by atoms with Crippen molar-refractivity contribution in [2.45, 2.75) is 32.8 Å². The van der Waals surface area contributed by atoms with Crippen LogP contribution in [0.15, 0.2) is 24.3 Å². The summed E-state index contributed by atoms with van der Waals surface area (Å²) in [4.78, 5) is 11.5. The van der Waals surface area contributed by atoms with Crippen molar-refractivity contribution in [3.8, 4) is 11.8 Å². The minimum atomic E-state index is -3.20. The molecule has 130 valence electrons. The highest BCUT2D eigenvalue weighted by atomic mass is 32.2. The number of nitrogens with zero attached hydrogens (tertiary/aromatic N) is 1. The van der Waals surface area contributed by atoms with Gasteiger partial charge in [0, 0.05) is 12.1 Å². The lowest BCUT2D eigenvalue weighted by Crippen LogP contribution is -2.32. The molecule has 1 N–H and O–H groups in total. The van der Waals surface area contributed by atoms with Gasteiger partial charge >= 0.3 is 6.09 Å². The van der Waals surface area contributed by atoms with E-state index in [1.165, 1.54) is 4.31 Å². The molecule has 1 aromatic carbocycles. The zero-order chi connectivity index (χ0) is 17.8. The van der Waals surface area contributed by atoms with Crippen LogP contribution in [0.5, 0.6) is 0 Å². The van der Waals surface area contributed by atoms with Crippen LogP contribution in [-0.4, -0.2) is 39.0 Å². The maximum Gasteiger partial charge on any atom is 0.408 e. The smallest absolute Gasteiger partial charge is 0.408 e. The molecule has 1 aromatic rings. The summed E-state index contributed by atoms with van der Waals surface area (Å²) in [7, 11) is -3.20. The summed E-state index contributed by atoms with van der Waals surface area (Å²) < 4.78 is 30.4. The van der Waals surface area contributed by atoms with Crippen molar-refractivity contribution in [2.24, 2.45) is 0 Å². The van der Waals surface area contributed by atoms with Gasteiger partial charge in [-0.15, -0.1) is 0 Å².